The van der Waals surface area contributed by atoms with Crippen LogP contribution < -0.4 is 0 Å². The first-order valence-corrected chi connectivity index (χ1v) is 20.4. The van der Waals surface area contributed by atoms with Gasteiger partial charge in [-0.3, -0.25) is 0 Å². The third kappa shape index (κ3) is 7.51. The Morgan fingerprint density at radius 2 is 1.13 bits per heavy atom. The van der Waals surface area contributed by atoms with Crippen LogP contribution in [0.4, 0.5) is 0 Å². The monoisotopic (exact) mass is 576 g/mol. The maximum absolute atomic E-state index is 6.49. The quantitative estimate of drug-likeness (QED) is 0.253. The van der Waals surface area contributed by atoms with Gasteiger partial charge in [-0.2, -0.15) is 0 Å². The zero-order chi connectivity index (χ0) is 22.4. The predicted molar refractivity (Wildman–Crippen MR) is 141 cm³/mol. The van der Waals surface area contributed by atoms with E-state index in [2.05, 4.69) is 23.9 Å². The van der Waals surface area contributed by atoms with Gasteiger partial charge in [0, 0.05) is 0 Å². The van der Waals surface area contributed by atoms with E-state index >= 15 is 0 Å². The number of rotatable bonds is 4. The molecular formula is C25H45Cl2N2PRu. The number of hydrogen-bond acceptors (Lipinski definition) is 2. The Morgan fingerprint density at radius 3 is 1.45 bits per heavy atom. The molecule has 0 bridgehead atoms. The predicted octanol–water partition coefficient (Wildman–Crippen LogP) is 7.48. The molecule has 6 heteroatoms. The van der Waals surface area contributed by atoms with Crippen LogP contribution in [0.25, 0.3) is 0 Å². The van der Waals surface area contributed by atoms with Gasteiger partial charge < -0.3 is 0 Å². The van der Waals surface area contributed by atoms with E-state index in [1.54, 1.807) is 77.0 Å². The fourth-order valence-corrected chi connectivity index (χ4v) is 16.9. The van der Waals surface area contributed by atoms with Gasteiger partial charge in [0.2, 0.25) is 0 Å². The molecule has 0 unspecified atom stereocenters. The van der Waals surface area contributed by atoms with Crippen LogP contribution in [0, 0.1) is 0 Å². The summed E-state index contributed by atoms with van der Waals surface area (Å²) < 4.78 is 3.12. The number of allylic oxidation sites excluding steroid dienone is 2. The van der Waals surface area contributed by atoms with E-state index in [0.29, 0.717) is 7.92 Å². The Kier molecular flexibility index (Phi) is 10.9. The summed E-state index contributed by atoms with van der Waals surface area (Å²) in [4.78, 5) is 4.34. The molecule has 0 aromatic rings. The van der Waals surface area contributed by atoms with Crippen molar-refractivity contribution in [3.8, 4) is 0 Å². The van der Waals surface area contributed by atoms with Crippen LogP contribution in [0.2, 0.25) is 0 Å². The van der Waals surface area contributed by atoms with Crippen LogP contribution in [-0.4, -0.2) is 62.9 Å². The van der Waals surface area contributed by atoms with E-state index in [-0.39, 0.29) is 0 Å². The molecule has 0 aromatic carbocycles. The zero-order valence-electron chi connectivity index (χ0n) is 20.2. The van der Waals surface area contributed by atoms with Crippen LogP contribution in [0.3, 0.4) is 0 Å². The first kappa shape index (κ1) is 26.6. The molecule has 4 aliphatic rings. The maximum atomic E-state index is 6.49. The van der Waals surface area contributed by atoms with Crippen LogP contribution in [0.15, 0.2) is 11.6 Å². The summed E-state index contributed by atoms with van der Waals surface area (Å²) in [5, 5.41) is 0. The van der Waals surface area contributed by atoms with Crippen LogP contribution in [0.1, 0.15) is 90.9 Å². The molecule has 4 fully saturated rings. The van der Waals surface area contributed by atoms with Crippen molar-refractivity contribution in [3.63, 3.8) is 0 Å². The van der Waals surface area contributed by atoms with Gasteiger partial charge in [-0.05, 0) is 55.5 Å². The summed E-state index contributed by atoms with van der Waals surface area (Å²) >= 11 is -2.79. The molecule has 1 aliphatic heterocycles. The second kappa shape index (κ2) is 12.7. The first-order valence-electron chi connectivity index (χ1n) is 12.5. The van der Waals surface area contributed by atoms with Gasteiger partial charge in [0.05, 0.1) is 0 Å². The molecule has 1 heterocycles. The Morgan fingerprint density at radius 1 is 0.774 bits per heavy atom. The second-order valence-corrected chi connectivity index (χ2v) is 22.6. The van der Waals surface area contributed by atoms with Crippen molar-refractivity contribution in [2.45, 2.75) is 108 Å². The zero-order valence-corrected chi connectivity index (χ0v) is 24.4. The third-order valence-electron chi connectivity index (χ3n) is 7.37. The average Bonchev–Trinajstić information content (AvgIpc) is 3.51. The van der Waals surface area contributed by atoms with Gasteiger partial charge in [-0.15, -0.1) is 0 Å². The SMILES string of the molecule is C1CCC(P(C2CCCC2)C2CCCC2)C1.CC(C)=C[CH]=[Ru]([Cl])([Cl])=[C]1N(C)CCN1C. The Bertz CT molecular complexity index is 664. The molecule has 0 amide bonds. The molecule has 0 radical (unpaired) electrons. The minimum atomic E-state index is -2.79. The number of halogens is 2. The van der Waals surface area contributed by atoms with Gasteiger partial charge in [0.15, 0.2) is 0 Å². The topological polar surface area (TPSA) is 6.48 Å². The van der Waals surface area contributed by atoms with E-state index in [1.165, 1.54) is 22.6 Å². The van der Waals surface area contributed by atoms with Gasteiger partial charge >= 0.3 is 103 Å². The number of likely N-dealkylation sites (N-methyl/N-ethyl adjacent to an activating group) is 2. The molecule has 0 spiro atoms. The summed E-state index contributed by atoms with van der Waals surface area (Å²) in [7, 11) is 17.5. The van der Waals surface area contributed by atoms with E-state index in [4.69, 9.17) is 19.4 Å². The molecule has 0 atom stereocenters. The average molecular weight is 577 g/mol. The fraction of sp³-hybridized carbons (Fsp3) is 0.840. The molecule has 4 rings (SSSR count). The van der Waals surface area contributed by atoms with Gasteiger partial charge in [0.1, 0.15) is 0 Å². The molecular weight excluding hydrogens is 531 g/mol. The molecule has 31 heavy (non-hydrogen) atoms. The van der Waals surface area contributed by atoms with Crippen molar-refractivity contribution in [3.05, 3.63) is 11.6 Å². The van der Waals surface area contributed by atoms with Crippen molar-refractivity contribution in [2.24, 2.45) is 0 Å². The Balaban J connectivity index is 0.000000176. The van der Waals surface area contributed by atoms with Crippen molar-refractivity contribution >= 4 is 36.3 Å². The summed E-state index contributed by atoms with van der Waals surface area (Å²) in [6.07, 6.45) is 21.0. The van der Waals surface area contributed by atoms with Gasteiger partial charge in [0.25, 0.3) is 0 Å². The van der Waals surface area contributed by atoms with Crippen LogP contribution in [-0.2, 0) is 11.9 Å². The van der Waals surface area contributed by atoms with Crippen molar-refractivity contribution in [1.29, 1.82) is 0 Å². The summed E-state index contributed by atoms with van der Waals surface area (Å²) in [5.74, 6) is 0. The fourth-order valence-electron chi connectivity index (χ4n) is 5.88. The van der Waals surface area contributed by atoms with Gasteiger partial charge in [-0.25, -0.2) is 0 Å². The standard InChI is InChI=1S/C15H27P.C5H10N2.C5H8.2ClH.Ru/c1-2-8-13(7-1)16(14-9-3-4-10-14)15-11-5-6-12-15;1-6-3-4-7(2)5-6;1-4-5(2)3;;;/h13-15H,1-12H2;3-4H2,1-2H3;1,4H,2-3H3;2*1H;/q;;;;;+2/p-2. The molecule has 3 saturated carbocycles. The van der Waals surface area contributed by atoms with E-state index in [9.17, 15) is 0 Å². The Labute approximate surface area is 203 Å². The molecule has 0 N–H and O–H groups in total. The van der Waals surface area contributed by atoms with Crippen LogP contribution in [0.5, 0.6) is 0 Å². The number of nitrogens with zero attached hydrogens (tertiary/aromatic N) is 2. The third-order valence-corrected chi connectivity index (χ3v) is 17.3. The van der Waals surface area contributed by atoms with E-state index in [0.717, 1.165) is 17.4 Å². The molecule has 2 nitrogen and oxygen atoms in total. The normalized spacial score (nSPS) is 25.3. The van der Waals surface area contributed by atoms with E-state index in [1.807, 2.05) is 24.5 Å². The van der Waals surface area contributed by atoms with Crippen molar-refractivity contribution in [1.82, 2.24) is 9.80 Å². The molecule has 182 valence electrons. The molecule has 3 aliphatic carbocycles. The summed E-state index contributed by atoms with van der Waals surface area (Å²) in [6, 6.07) is 0. The van der Waals surface area contributed by atoms with Crippen molar-refractivity contribution < 1.29 is 11.9 Å². The molecule has 1 saturated heterocycles. The van der Waals surface area contributed by atoms with E-state index < -0.39 is 11.9 Å². The molecule has 0 aromatic heterocycles. The van der Waals surface area contributed by atoms with Gasteiger partial charge in [-0.1, -0.05) is 46.4 Å². The number of hydrogen-bond donors (Lipinski definition) is 0. The Hall–Kier alpha value is 1.03. The van der Waals surface area contributed by atoms with Crippen LogP contribution >= 0.6 is 27.3 Å². The summed E-state index contributed by atoms with van der Waals surface area (Å²) in [5.41, 5.74) is 4.86. The first-order chi connectivity index (χ1) is 14.8. The minimum absolute atomic E-state index is 0.436. The summed E-state index contributed by atoms with van der Waals surface area (Å²) in [6.45, 7) is 6.12. The second-order valence-electron chi connectivity index (χ2n) is 10.2. The van der Waals surface area contributed by atoms with Crippen molar-refractivity contribution in [2.75, 3.05) is 27.2 Å².